The number of carbonyl (C=O) groups excluding carboxylic acids is 1. The Labute approximate surface area is 257 Å². The van der Waals surface area contributed by atoms with E-state index in [1.54, 1.807) is 22.7 Å². The number of aliphatic hydroxyl groups is 1. The zero-order chi connectivity index (χ0) is 30.4. The molecular formula is C32H40N8O4. The molecule has 3 aromatic heterocycles. The third kappa shape index (κ3) is 5.12. The molecule has 5 saturated heterocycles. The maximum absolute atomic E-state index is 12.9. The maximum atomic E-state index is 12.9. The fraction of sp³-hybridized carbons (Fsp3) is 0.562. The number of hydrogen-bond donors (Lipinski definition) is 1. The predicted molar refractivity (Wildman–Crippen MR) is 164 cm³/mol. The van der Waals surface area contributed by atoms with Gasteiger partial charge in [-0.2, -0.15) is 10.4 Å². The number of methoxy groups -OCH3 is 1. The highest BCUT2D eigenvalue weighted by Crippen LogP contribution is 2.38. The van der Waals surface area contributed by atoms with Crippen LogP contribution in [0.3, 0.4) is 0 Å². The van der Waals surface area contributed by atoms with Crippen LogP contribution in [-0.2, 0) is 4.74 Å². The van der Waals surface area contributed by atoms with Crippen LogP contribution in [0.5, 0.6) is 5.75 Å². The van der Waals surface area contributed by atoms with Gasteiger partial charge >= 0.3 is 6.03 Å². The second kappa shape index (κ2) is 11.9. The molecule has 2 amide bonds. The van der Waals surface area contributed by atoms with Crippen molar-refractivity contribution in [2.75, 3.05) is 58.5 Å². The van der Waals surface area contributed by atoms with Crippen molar-refractivity contribution in [2.45, 2.75) is 62.4 Å². The Balaban J connectivity index is 1.03. The van der Waals surface area contributed by atoms with Crippen molar-refractivity contribution < 1.29 is 19.4 Å². The highest BCUT2D eigenvalue weighted by atomic mass is 16.5. The van der Waals surface area contributed by atoms with Gasteiger partial charge in [0, 0.05) is 69.7 Å². The second-order valence-electron chi connectivity index (χ2n) is 12.6. The summed E-state index contributed by atoms with van der Waals surface area (Å²) in [6.45, 7) is 4.07. The molecule has 12 nitrogen and oxygen atoms in total. The Bertz CT molecular complexity index is 1540. The summed E-state index contributed by atoms with van der Waals surface area (Å²) in [5.74, 6) is 1.56. The molecule has 5 aliphatic rings. The number of pyridine rings is 2. The van der Waals surface area contributed by atoms with Crippen LogP contribution in [0.1, 0.15) is 37.7 Å². The molecule has 5 fully saturated rings. The predicted octanol–water partition coefficient (Wildman–Crippen LogP) is 2.60. The van der Waals surface area contributed by atoms with E-state index in [4.69, 9.17) is 14.5 Å². The molecule has 232 valence electrons. The van der Waals surface area contributed by atoms with Gasteiger partial charge < -0.3 is 29.3 Å². The lowest BCUT2D eigenvalue weighted by Gasteiger charge is -2.57. The SMILES string of the molecule is COCCN(C)C(=O)N1C2CC1CN(c1ccc(-c3cc(OCCCN4C5CCC4C(O)C5)cn4ncc(C#N)c34)cn1)C2. The van der Waals surface area contributed by atoms with Gasteiger partial charge in [0.05, 0.1) is 54.9 Å². The first kappa shape index (κ1) is 28.8. The number of nitrogens with zero attached hydrogens (tertiary/aromatic N) is 8. The Morgan fingerprint density at radius 3 is 2.68 bits per heavy atom. The minimum atomic E-state index is -0.188. The number of aliphatic hydroxyl groups excluding tert-OH is 1. The average Bonchev–Trinajstić information content (AvgIpc) is 3.73. The van der Waals surface area contributed by atoms with Gasteiger partial charge in [-0.3, -0.25) is 4.90 Å². The number of rotatable bonds is 10. The van der Waals surface area contributed by atoms with Crippen molar-refractivity contribution in [3.05, 3.63) is 42.4 Å². The fourth-order valence-electron chi connectivity index (χ4n) is 7.69. The molecule has 0 aliphatic carbocycles. The van der Waals surface area contributed by atoms with Crippen molar-refractivity contribution in [3.63, 3.8) is 0 Å². The molecule has 8 heterocycles. The summed E-state index contributed by atoms with van der Waals surface area (Å²) in [5, 5.41) is 24.4. The number of likely N-dealkylation sites (N-methyl/N-ethyl adjacent to an activating group) is 1. The van der Waals surface area contributed by atoms with Crippen LogP contribution in [0.2, 0.25) is 0 Å². The molecule has 5 aliphatic heterocycles. The number of ether oxygens (including phenoxy) is 2. The molecular weight excluding hydrogens is 560 g/mol. The van der Waals surface area contributed by atoms with E-state index in [-0.39, 0.29) is 24.2 Å². The average molecular weight is 601 g/mol. The zero-order valence-corrected chi connectivity index (χ0v) is 25.4. The Morgan fingerprint density at radius 2 is 2.00 bits per heavy atom. The van der Waals surface area contributed by atoms with Gasteiger partial charge in [-0.1, -0.05) is 0 Å². The first-order valence-electron chi connectivity index (χ1n) is 15.7. The molecule has 0 radical (unpaired) electrons. The fourth-order valence-corrected chi connectivity index (χ4v) is 7.69. The summed E-state index contributed by atoms with van der Waals surface area (Å²) < 4.78 is 13.0. The van der Waals surface area contributed by atoms with Crippen molar-refractivity contribution in [1.29, 1.82) is 5.26 Å². The van der Waals surface area contributed by atoms with E-state index < -0.39 is 0 Å². The van der Waals surface area contributed by atoms with Gasteiger partial charge in [0.15, 0.2) is 0 Å². The van der Waals surface area contributed by atoms with E-state index in [0.717, 1.165) is 67.8 Å². The minimum Gasteiger partial charge on any atom is -0.492 e. The maximum Gasteiger partial charge on any atom is 0.320 e. The number of amides is 2. The lowest BCUT2D eigenvalue weighted by molar-refractivity contribution is 0.0190. The van der Waals surface area contributed by atoms with Crippen molar-refractivity contribution >= 4 is 17.4 Å². The van der Waals surface area contributed by atoms with Crippen molar-refractivity contribution in [2.24, 2.45) is 0 Å². The zero-order valence-electron chi connectivity index (χ0n) is 25.4. The molecule has 3 aromatic rings. The summed E-state index contributed by atoms with van der Waals surface area (Å²) >= 11 is 0. The number of carbonyl (C=O) groups is 1. The lowest BCUT2D eigenvalue weighted by Crippen LogP contribution is -2.71. The third-order valence-electron chi connectivity index (χ3n) is 9.94. The van der Waals surface area contributed by atoms with E-state index in [1.165, 1.54) is 6.42 Å². The van der Waals surface area contributed by atoms with Gasteiger partial charge in [0.25, 0.3) is 0 Å². The monoisotopic (exact) mass is 600 g/mol. The van der Waals surface area contributed by atoms with Crippen LogP contribution < -0.4 is 9.64 Å². The Hall–Kier alpha value is -3.92. The minimum absolute atomic E-state index is 0.0634. The van der Waals surface area contributed by atoms with Crippen LogP contribution in [0, 0.1) is 11.3 Å². The smallest absolute Gasteiger partial charge is 0.320 e. The molecule has 44 heavy (non-hydrogen) atoms. The highest BCUT2D eigenvalue weighted by Gasteiger charge is 2.48. The van der Waals surface area contributed by atoms with E-state index in [0.29, 0.717) is 43.2 Å². The Morgan fingerprint density at radius 1 is 1.16 bits per heavy atom. The van der Waals surface area contributed by atoms with Crippen LogP contribution in [0.4, 0.5) is 10.6 Å². The first-order valence-corrected chi connectivity index (χ1v) is 15.7. The number of anilines is 1. The number of aromatic nitrogens is 3. The number of piperazine rings is 1. The van der Waals surface area contributed by atoms with Gasteiger partial charge in [-0.05, 0) is 50.3 Å². The van der Waals surface area contributed by atoms with Gasteiger partial charge in [0.1, 0.15) is 17.6 Å². The second-order valence-corrected chi connectivity index (χ2v) is 12.6. The van der Waals surface area contributed by atoms with Gasteiger partial charge in [-0.15, -0.1) is 0 Å². The quantitative estimate of drug-likeness (QED) is 0.350. The van der Waals surface area contributed by atoms with Crippen LogP contribution in [-0.4, -0.2) is 124 Å². The topological polar surface area (TPSA) is 123 Å². The van der Waals surface area contributed by atoms with Crippen LogP contribution in [0.15, 0.2) is 36.8 Å². The summed E-state index contributed by atoms with van der Waals surface area (Å²) in [4.78, 5) is 26.2. The molecule has 4 bridgehead atoms. The third-order valence-corrected chi connectivity index (χ3v) is 9.94. The summed E-state index contributed by atoms with van der Waals surface area (Å²) in [7, 11) is 3.47. The van der Waals surface area contributed by atoms with Crippen LogP contribution in [0.25, 0.3) is 16.6 Å². The highest BCUT2D eigenvalue weighted by molar-refractivity contribution is 5.85. The van der Waals surface area contributed by atoms with Crippen molar-refractivity contribution in [1.82, 2.24) is 29.3 Å². The van der Waals surface area contributed by atoms with Gasteiger partial charge in [-0.25, -0.2) is 14.3 Å². The first-order chi connectivity index (χ1) is 21.4. The van der Waals surface area contributed by atoms with Gasteiger partial charge in [0.2, 0.25) is 0 Å². The summed E-state index contributed by atoms with van der Waals surface area (Å²) in [6, 6.07) is 9.51. The van der Waals surface area contributed by atoms with E-state index >= 15 is 0 Å². The van der Waals surface area contributed by atoms with Crippen molar-refractivity contribution in [3.8, 4) is 22.9 Å². The molecule has 5 atom stereocenters. The molecule has 0 saturated carbocycles. The number of piperidine rings is 1. The number of fused-ring (bicyclic) bond motifs is 5. The summed E-state index contributed by atoms with van der Waals surface area (Å²) in [5.41, 5.74) is 2.94. The summed E-state index contributed by atoms with van der Waals surface area (Å²) in [6.07, 6.45) is 10.1. The molecule has 1 N–H and O–H groups in total. The van der Waals surface area contributed by atoms with E-state index in [9.17, 15) is 15.2 Å². The largest absolute Gasteiger partial charge is 0.492 e. The Kier molecular flexibility index (Phi) is 7.78. The number of nitriles is 1. The van der Waals surface area contributed by atoms with E-state index in [2.05, 4.69) is 21.0 Å². The molecule has 0 spiro atoms. The molecule has 12 heteroatoms. The standard InChI is InChI=1S/C32H40N8O4/c1-36(9-11-43-2)32(42)40-24-12-25(40)19-37(18-24)30-7-4-21(16-34-30)27-14-26(20-39-31(27)22(15-33)17-35-39)44-10-3-8-38-23-5-6-28(38)29(41)13-23/h4,7,14,16-17,20,23-25,28-29,41H,3,5-6,8-13,18-19H2,1-2H3. The number of urea groups is 1. The lowest BCUT2D eigenvalue weighted by atomic mass is 9.87. The molecule has 5 unspecified atom stereocenters. The number of hydrogen-bond acceptors (Lipinski definition) is 9. The van der Waals surface area contributed by atoms with E-state index in [1.807, 2.05) is 42.5 Å². The molecule has 8 rings (SSSR count). The normalized spacial score (nSPS) is 25.7. The van der Waals surface area contributed by atoms with Crippen LogP contribution >= 0.6 is 0 Å². The molecule has 0 aromatic carbocycles.